The first-order valence-electron chi connectivity index (χ1n) is 5.90. The number of nitrogens with zero attached hydrogens (tertiary/aromatic N) is 1. The van der Waals surface area contributed by atoms with E-state index >= 15 is 0 Å². The third-order valence-corrected chi connectivity index (χ3v) is 2.59. The molecule has 0 saturated heterocycles. The van der Waals surface area contributed by atoms with Crippen molar-refractivity contribution in [2.24, 2.45) is 5.92 Å². The van der Waals surface area contributed by atoms with E-state index in [1.165, 1.54) is 19.3 Å². The Kier molecular flexibility index (Phi) is 5.40. The predicted octanol–water partition coefficient (Wildman–Crippen LogP) is 2.71. The molecular formula is C12H23N3. The van der Waals surface area contributed by atoms with Gasteiger partial charge in [0.25, 0.3) is 0 Å². The van der Waals surface area contributed by atoms with Crippen LogP contribution in [0.2, 0.25) is 0 Å². The molecule has 0 bridgehead atoms. The zero-order valence-electron chi connectivity index (χ0n) is 10.1. The number of hydrogen-bond acceptors (Lipinski definition) is 2. The Bertz CT molecular complexity index is 241. The van der Waals surface area contributed by atoms with Crippen molar-refractivity contribution < 1.29 is 0 Å². The van der Waals surface area contributed by atoms with Gasteiger partial charge in [0.15, 0.2) is 0 Å². The van der Waals surface area contributed by atoms with Gasteiger partial charge in [-0.25, -0.2) is 4.98 Å². The summed E-state index contributed by atoms with van der Waals surface area (Å²) in [5, 5.41) is 3.46. The maximum absolute atomic E-state index is 4.18. The van der Waals surface area contributed by atoms with Crippen LogP contribution in [0.15, 0.2) is 12.4 Å². The molecule has 1 aromatic heterocycles. The fourth-order valence-corrected chi connectivity index (χ4v) is 1.60. The van der Waals surface area contributed by atoms with Crippen LogP contribution in [0, 0.1) is 5.92 Å². The second-order valence-electron chi connectivity index (χ2n) is 4.64. The summed E-state index contributed by atoms with van der Waals surface area (Å²) in [6.45, 7) is 7.64. The lowest BCUT2D eigenvalue weighted by Crippen LogP contribution is -2.25. The molecule has 0 aromatic carbocycles. The van der Waals surface area contributed by atoms with Crippen LogP contribution in [0.25, 0.3) is 0 Å². The van der Waals surface area contributed by atoms with Crippen LogP contribution >= 0.6 is 0 Å². The van der Waals surface area contributed by atoms with E-state index in [0.29, 0.717) is 6.04 Å². The van der Waals surface area contributed by atoms with E-state index in [2.05, 4.69) is 36.1 Å². The highest BCUT2D eigenvalue weighted by Gasteiger charge is 2.03. The minimum atomic E-state index is 0.578. The van der Waals surface area contributed by atoms with Gasteiger partial charge >= 0.3 is 0 Å². The molecule has 1 rings (SSSR count). The van der Waals surface area contributed by atoms with Crippen LogP contribution in [0.5, 0.6) is 0 Å². The number of nitrogens with one attached hydrogen (secondary N) is 2. The Balaban J connectivity index is 2.06. The smallest absolute Gasteiger partial charge is 0.120 e. The number of aromatic nitrogens is 2. The number of imidazole rings is 1. The maximum Gasteiger partial charge on any atom is 0.120 e. The summed E-state index contributed by atoms with van der Waals surface area (Å²) < 4.78 is 0. The molecule has 1 aromatic rings. The molecule has 0 saturated carbocycles. The van der Waals surface area contributed by atoms with Crippen LogP contribution < -0.4 is 5.32 Å². The maximum atomic E-state index is 4.18. The first kappa shape index (κ1) is 12.2. The molecule has 0 aliphatic heterocycles. The molecule has 0 aliphatic rings. The summed E-state index contributed by atoms with van der Waals surface area (Å²) in [6, 6.07) is 0.578. The van der Waals surface area contributed by atoms with E-state index in [1.54, 1.807) is 6.20 Å². The second kappa shape index (κ2) is 6.62. The molecule has 0 amide bonds. The Hall–Kier alpha value is -0.830. The molecule has 1 unspecified atom stereocenters. The van der Waals surface area contributed by atoms with E-state index in [-0.39, 0.29) is 0 Å². The Labute approximate surface area is 92.7 Å². The van der Waals surface area contributed by atoms with Crippen LogP contribution in [0.1, 0.15) is 45.9 Å². The Morgan fingerprint density at radius 2 is 2.13 bits per heavy atom. The number of aromatic amines is 1. The van der Waals surface area contributed by atoms with Crippen molar-refractivity contribution in [3.05, 3.63) is 18.2 Å². The summed E-state index contributed by atoms with van der Waals surface area (Å²) in [4.78, 5) is 7.27. The SMILES string of the molecule is CC(C)CCCC(C)NCc1ncc[nH]1. The van der Waals surface area contributed by atoms with Crippen molar-refractivity contribution >= 4 is 0 Å². The van der Waals surface area contributed by atoms with E-state index in [4.69, 9.17) is 0 Å². The fraction of sp³-hybridized carbons (Fsp3) is 0.750. The quantitative estimate of drug-likeness (QED) is 0.725. The van der Waals surface area contributed by atoms with Crippen molar-refractivity contribution in [3.63, 3.8) is 0 Å². The van der Waals surface area contributed by atoms with Gasteiger partial charge in [0, 0.05) is 18.4 Å². The van der Waals surface area contributed by atoms with Gasteiger partial charge in [-0.15, -0.1) is 0 Å². The summed E-state index contributed by atoms with van der Waals surface area (Å²) >= 11 is 0. The monoisotopic (exact) mass is 209 g/mol. The first-order valence-corrected chi connectivity index (χ1v) is 5.90. The largest absolute Gasteiger partial charge is 0.348 e. The van der Waals surface area contributed by atoms with Crippen molar-refractivity contribution in [1.29, 1.82) is 0 Å². The zero-order valence-corrected chi connectivity index (χ0v) is 10.1. The lowest BCUT2D eigenvalue weighted by molar-refractivity contribution is 0.453. The minimum absolute atomic E-state index is 0.578. The van der Waals surface area contributed by atoms with E-state index < -0.39 is 0 Å². The topological polar surface area (TPSA) is 40.7 Å². The highest BCUT2D eigenvalue weighted by molar-refractivity contribution is 4.86. The minimum Gasteiger partial charge on any atom is -0.348 e. The second-order valence-corrected chi connectivity index (χ2v) is 4.64. The molecule has 0 spiro atoms. The molecule has 0 fully saturated rings. The normalized spacial score (nSPS) is 13.3. The molecule has 0 radical (unpaired) electrons. The van der Waals surface area contributed by atoms with Crippen LogP contribution in [0.3, 0.4) is 0 Å². The molecular weight excluding hydrogens is 186 g/mol. The van der Waals surface area contributed by atoms with Crippen LogP contribution in [-0.2, 0) is 6.54 Å². The summed E-state index contributed by atoms with van der Waals surface area (Å²) in [6.07, 6.45) is 7.54. The number of H-pyrrole nitrogens is 1. The number of rotatable bonds is 7. The average molecular weight is 209 g/mol. The average Bonchev–Trinajstić information content (AvgIpc) is 2.66. The lowest BCUT2D eigenvalue weighted by Gasteiger charge is -2.13. The van der Waals surface area contributed by atoms with Gasteiger partial charge in [-0.3, -0.25) is 0 Å². The molecule has 1 heterocycles. The highest BCUT2D eigenvalue weighted by Crippen LogP contribution is 2.08. The van der Waals surface area contributed by atoms with Gasteiger partial charge in [0.1, 0.15) is 5.82 Å². The van der Waals surface area contributed by atoms with Crippen molar-refractivity contribution in [2.45, 2.75) is 52.6 Å². The predicted molar refractivity (Wildman–Crippen MR) is 63.6 cm³/mol. The molecule has 15 heavy (non-hydrogen) atoms. The summed E-state index contributed by atoms with van der Waals surface area (Å²) in [7, 11) is 0. The van der Waals surface area contributed by atoms with Crippen LogP contribution in [0.4, 0.5) is 0 Å². The molecule has 3 heteroatoms. The molecule has 86 valence electrons. The third-order valence-electron chi connectivity index (χ3n) is 2.59. The fourth-order valence-electron chi connectivity index (χ4n) is 1.60. The lowest BCUT2D eigenvalue weighted by atomic mass is 10.0. The summed E-state index contributed by atoms with van der Waals surface area (Å²) in [5.41, 5.74) is 0. The van der Waals surface area contributed by atoms with E-state index in [9.17, 15) is 0 Å². The van der Waals surface area contributed by atoms with Gasteiger partial charge < -0.3 is 10.3 Å². The standard InChI is InChI=1S/C12H23N3/c1-10(2)5-4-6-11(3)15-9-12-13-7-8-14-12/h7-8,10-11,15H,4-6,9H2,1-3H3,(H,13,14). The van der Waals surface area contributed by atoms with Crippen LogP contribution in [-0.4, -0.2) is 16.0 Å². The van der Waals surface area contributed by atoms with Crippen molar-refractivity contribution in [3.8, 4) is 0 Å². The summed E-state index contributed by atoms with van der Waals surface area (Å²) in [5.74, 6) is 1.84. The van der Waals surface area contributed by atoms with E-state index in [0.717, 1.165) is 18.3 Å². The third kappa shape index (κ3) is 5.57. The Morgan fingerprint density at radius 1 is 1.33 bits per heavy atom. The van der Waals surface area contributed by atoms with Crippen molar-refractivity contribution in [1.82, 2.24) is 15.3 Å². The van der Waals surface area contributed by atoms with Gasteiger partial charge in [-0.1, -0.05) is 26.7 Å². The van der Waals surface area contributed by atoms with Crippen molar-refractivity contribution in [2.75, 3.05) is 0 Å². The molecule has 0 aliphatic carbocycles. The molecule has 1 atom stereocenters. The highest BCUT2D eigenvalue weighted by atomic mass is 15.0. The van der Waals surface area contributed by atoms with Gasteiger partial charge in [-0.05, 0) is 19.3 Å². The first-order chi connectivity index (χ1) is 7.18. The van der Waals surface area contributed by atoms with E-state index in [1.807, 2.05) is 6.20 Å². The Morgan fingerprint density at radius 3 is 2.73 bits per heavy atom. The number of hydrogen-bond donors (Lipinski definition) is 2. The molecule has 3 nitrogen and oxygen atoms in total. The van der Waals surface area contributed by atoms with Gasteiger partial charge in [-0.2, -0.15) is 0 Å². The zero-order chi connectivity index (χ0) is 11.1. The van der Waals surface area contributed by atoms with Gasteiger partial charge in [0.05, 0.1) is 6.54 Å². The molecule has 2 N–H and O–H groups in total. The van der Waals surface area contributed by atoms with Gasteiger partial charge in [0.2, 0.25) is 0 Å².